The van der Waals surface area contributed by atoms with Crippen LogP contribution in [0, 0.1) is 0 Å². The van der Waals surface area contributed by atoms with Gasteiger partial charge in [-0.25, -0.2) is 0 Å². The Balaban J connectivity index is 2.24. The average molecular weight is 313 g/mol. The summed E-state index contributed by atoms with van der Waals surface area (Å²) < 4.78 is 5.42. The lowest BCUT2D eigenvalue weighted by Crippen LogP contribution is -2.45. The van der Waals surface area contributed by atoms with E-state index in [1.54, 1.807) is 31.2 Å². The molecule has 0 saturated heterocycles. The van der Waals surface area contributed by atoms with E-state index < -0.39 is 6.04 Å². The van der Waals surface area contributed by atoms with E-state index in [0.29, 0.717) is 17.3 Å². The van der Waals surface area contributed by atoms with Gasteiger partial charge in [0, 0.05) is 11.6 Å². The maximum absolute atomic E-state index is 11.7. The molecule has 2 N–H and O–H groups in total. The third-order valence-electron chi connectivity index (χ3n) is 2.73. The van der Waals surface area contributed by atoms with Crippen molar-refractivity contribution in [2.24, 2.45) is 0 Å². The highest BCUT2D eigenvalue weighted by Crippen LogP contribution is 2.15. The molecule has 0 bridgehead atoms. The van der Waals surface area contributed by atoms with E-state index in [0.717, 1.165) is 6.42 Å². The zero-order valence-electron chi connectivity index (χ0n) is 12.3. The van der Waals surface area contributed by atoms with Gasteiger partial charge in [-0.2, -0.15) is 0 Å². The summed E-state index contributed by atoms with van der Waals surface area (Å²) in [6.07, 6.45) is 1.05. The Bertz CT molecular complexity index is 462. The van der Waals surface area contributed by atoms with E-state index >= 15 is 0 Å². The second kappa shape index (κ2) is 9.23. The number of nitrogens with one attached hydrogen (secondary N) is 2. The summed E-state index contributed by atoms with van der Waals surface area (Å²) in [6.45, 7) is 4.48. The minimum absolute atomic E-state index is 0.177. The standard InChI is InChI=1S/C15H21ClN2O3/c1-3-9-17-15(20)11(2)18-14(19)8-10-21-13-6-4-12(16)5-7-13/h4-7,11H,3,8-10H2,1-2H3,(H,17,20)(H,18,19). The largest absolute Gasteiger partial charge is 0.493 e. The van der Waals surface area contributed by atoms with Gasteiger partial charge >= 0.3 is 0 Å². The van der Waals surface area contributed by atoms with Crippen molar-refractivity contribution < 1.29 is 14.3 Å². The second-order valence-electron chi connectivity index (χ2n) is 4.63. The average Bonchev–Trinajstić information content (AvgIpc) is 2.46. The molecule has 1 aromatic rings. The molecule has 0 aliphatic rings. The number of benzene rings is 1. The highest BCUT2D eigenvalue weighted by molar-refractivity contribution is 6.30. The fourth-order valence-corrected chi connectivity index (χ4v) is 1.70. The summed E-state index contributed by atoms with van der Waals surface area (Å²) in [5.41, 5.74) is 0. The van der Waals surface area contributed by atoms with Crippen LogP contribution in [0.3, 0.4) is 0 Å². The van der Waals surface area contributed by atoms with Crippen LogP contribution in [0.25, 0.3) is 0 Å². The number of carbonyl (C=O) groups is 2. The third kappa shape index (κ3) is 6.99. The Labute approximate surface area is 130 Å². The molecule has 116 valence electrons. The molecule has 0 saturated carbocycles. The van der Waals surface area contributed by atoms with Crippen LogP contribution in [0.5, 0.6) is 5.75 Å². The molecular weight excluding hydrogens is 292 g/mol. The van der Waals surface area contributed by atoms with Crippen LogP contribution in [0.15, 0.2) is 24.3 Å². The number of halogens is 1. The van der Waals surface area contributed by atoms with Gasteiger partial charge in [0.15, 0.2) is 0 Å². The highest BCUT2D eigenvalue weighted by atomic mass is 35.5. The lowest BCUT2D eigenvalue weighted by molar-refractivity contribution is -0.128. The van der Waals surface area contributed by atoms with Crippen LogP contribution < -0.4 is 15.4 Å². The summed E-state index contributed by atoms with van der Waals surface area (Å²) in [5.74, 6) is 0.257. The van der Waals surface area contributed by atoms with Crippen LogP contribution in [0.1, 0.15) is 26.7 Å². The molecule has 1 unspecified atom stereocenters. The third-order valence-corrected chi connectivity index (χ3v) is 2.98. The van der Waals surface area contributed by atoms with E-state index in [2.05, 4.69) is 10.6 Å². The first kappa shape index (κ1) is 17.3. The Hall–Kier alpha value is -1.75. The van der Waals surface area contributed by atoms with Crippen molar-refractivity contribution >= 4 is 23.4 Å². The van der Waals surface area contributed by atoms with Gasteiger partial charge in [0.25, 0.3) is 0 Å². The molecule has 0 heterocycles. The van der Waals surface area contributed by atoms with Crippen LogP contribution in [-0.2, 0) is 9.59 Å². The molecule has 0 fully saturated rings. The van der Waals surface area contributed by atoms with Crippen LogP contribution in [0.2, 0.25) is 5.02 Å². The number of ether oxygens (including phenoxy) is 1. The lowest BCUT2D eigenvalue weighted by Gasteiger charge is -2.14. The van der Waals surface area contributed by atoms with Crippen molar-refractivity contribution in [2.75, 3.05) is 13.2 Å². The van der Waals surface area contributed by atoms with Crippen molar-refractivity contribution in [3.63, 3.8) is 0 Å². The number of amides is 2. The minimum atomic E-state index is -0.542. The van der Waals surface area contributed by atoms with E-state index in [4.69, 9.17) is 16.3 Å². The van der Waals surface area contributed by atoms with Crippen molar-refractivity contribution in [2.45, 2.75) is 32.7 Å². The van der Waals surface area contributed by atoms with Crippen LogP contribution in [0.4, 0.5) is 0 Å². The quantitative estimate of drug-likeness (QED) is 0.773. The molecule has 0 spiro atoms. The summed E-state index contributed by atoms with van der Waals surface area (Å²) in [4.78, 5) is 23.3. The molecule has 0 radical (unpaired) electrons. The Morgan fingerprint density at radius 1 is 1.29 bits per heavy atom. The van der Waals surface area contributed by atoms with Gasteiger partial charge in [-0.3, -0.25) is 9.59 Å². The predicted molar refractivity (Wildman–Crippen MR) is 82.5 cm³/mol. The van der Waals surface area contributed by atoms with Crippen molar-refractivity contribution in [1.29, 1.82) is 0 Å². The van der Waals surface area contributed by atoms with E-state index in [1.165, 1.54) is 0 Å². The summed E-state index contributed by atoms with van der Waals surface area (Å²) in [5, 5.41) is 5.99. The molecule has 0 aromatic heterocycles. The second-order valence-corrected chi connectivity index (χ2v) is 5.07. The van der Waals surface area contributed by atoms with Gasteiger partial charge in [0.05, 0.1) is 13.0 Å². The molecule has 0 aliphatic carbocycles. The van der Waals surface area contributed by atoms with Crippen LogP contribution >= 0.6 is 11.6 Å². The van der Waals surface area contributed by atoms with Gasteiger partial charge in [0.1, 0.15) is 11.8 Å². The lowest BCUT2D eigenvalue weighted by atomic mass is 10.3. The molecule has 21 heavy (non-hydrogen) atoms. The molecule has 1 rings (SSSR count). The van der Waals surface area contributed by atoms with E-state index in [1.807, 2.05) is 6.92 Å². The highest BCUT2D eigenvalue weighted by Gasteiger charge is 2.14. The van der Waals surface area contributed by atoms with Crippen LogP contribution in [-0.4, -0.2) is 31.0 Å². The molecule has 2 amide bonds. The maximum atomic E-state index is 11.7. The first-order chi connectivity index (χ1) is 10.0. The topological polar surface area (TPSA) is 67.4 Å². The maximum Gasteiger partial charge on any atom is 0.242 e. The molecule has 1 atom stereocenters. The zero-order chi connectivity index (χ0) is 15.7. The van der Waals surface area contributed by atoms with Crippen molar-refractivity contribution in [3.8, 4) is 5.75 Å². The monoisotopic (exact) mass is 312 g/mol. The Morgan fingerprint density at radius 2 is 1.95 bits per heavy atom. The molecule has 5 nitrogen and oxygen atoms in total. The molecule has 1 aromatic carbocycles. The predicted octanol–water partition coefficient (Wildman–Crippen LogP) is 2.14. The Morgan fingerprint density at radius 3 is 2.57 bits per heavy atom. The summed E-state index contributed by atoms with van der Waals surface area (Å²) in [7, 11) is 0. The van der Waals surface area contributed by atoms with E-state index in [9.17, 15) is 9.59 Å². The SMILES string of the molecule is CCCNC(=O)C(C)NC(=O)CCOc1ccc(Cl)cc1. The van der Waals surface area contributed by atoms with Gasteiger partial charge in [0.2, 0.25) is 11.8 Å². The van der Waals surface area contributed by atoms with Gasteiger partial charge < -0.3 is 15.4 Å². The smallest absolute Gasteiger partial charge is 0.242 e. The van der Waals surface area contributed by atoms with Gasteiger partial charge in [-0.15, -0.1) is 0 Å². The van der Waals surface area contributed by atoms with Gasteiger partial charge in [-0.1, -0.05) is 18.5 Å². The molecular formula is C15H21ClN2O3. The molecule has 6 heteroatoms. The number of hydrogen-bond donors (Lipinski definition) is 2. The fraction of sp³-hybridized carbons (Fsp3) is 0.467. The zero-order valence-corrected chi connectivity index (χ0v) is 13.1. The van der Waals surface area contributed by atoms with Gasteiger partial charge in [-0.05, 0) is 37.6 Å². The van der Waals surface area contributed by atoms with E-state index in [-0.39, 0.29) is 24.8 Å². The fourth-order valence-electron chi connectivity index (χ4n) is 1.57. The summed E-state index contributed by atoms with van der Waals surface area (Å²) >= 11 is 5.76. The summed E-state index contributed by atoms with van der Waals surface area (Å²) in [6, 6.07) is 6.37. The van der Waals surface area contributed by atoms with Crippen molar-refractivity contribution in [1.82, 2.24) is 10.6 Å². The Kier molecular flexibility index (Phi) is 7.61. The normalized spacial score (nSPS) is 11.6. The number of hydrogen-bond acceptors (Lipinski definition) is 3. The first-order valence-corrected chi connectivity index (χ1v) is 7.36. The first-order valence-electron chi connectivity index (χ1n) is 6.98. The minimum Gasteiger partial charge on any atom is -0.493 e. The number of rotatable bonds is 8. The number of carbonyl (C=O) groups excluding carboxylic acids is 2. The van der Waals surface area contributed by atoms with Crippen molar-refractivity contribution in [3.05, 3.63) is 29.3 Å². The molecule has 0 aliphatic heterocycles.